The summed E-state index contributed by atoms with van der Waals surface area (Å²) >= 11 is 0. The maximum Gasteiger partial charge on any atom is 0.336 e. The second kappa shape index (κ2) is 7.37. The molecule has 0 aliphatic heterocycles. The highest BCUT2D eigenvalue weighted by molar-refractivity contribution is 6.23. The second-order valence-corrected chi connectivity index (χ2v) is 5.30. The van der Waals surface area contributed by atoms with Gasteiger partial charge in [0.1, 0.15) is 0 Å². The van der Waals surface area contributed by atoms with Gasteiger partial charge < -0.3 is 10.2 Å². The first-order chi connectivity index (χ1) is 11.4. The Kier molecular flexibility index (Phi) is 5.27. The molecule has 0 aliphatic carbocycles. The van der Waals surface area contributed by atoms with Crippen LogP contribution in [0.25, 0.3) is 5.57 Å². The lowest BCUT2D eigenvalue weighted by atomic mass is 9.94. The highest BCUT2D eigenvalue weighted by Crippen LogP contribution is 2.23. The summed E-state index contributed by atoms with van der Waals surface area (Å²) in [5.41, 5.74) is 0.759. The fourth-order valence-corrected chi connectivity index (χ4v) is 2.30. The zero-order chi connectivity index (χ0) is 17.7. The Labute approximate surface area is 138 Å². The van der Waals surface area contributed by atoms with E-state index in [0.29, 0.717) is 5.56 Å². The number of ketones is 1. The number of carbonyl (C=O) groups excluding carboxylic acids is 1. The summed E-state index contributed by atoms with van der Waals surface area (Å²) in [6.45, 7) is 1.87. The van der Waals surface area contributed by atoms with E-state index in [2.05, 4.69) is 0 Å². The van der Waals surface area contributed by atoms with Gasteiger partial charge in [0.05, 0.1) is 11.1 Å². The van der Waals surface area contributed by atoms with Crippen molar-refractivity contribution in [2.24, 2.45) is 0 Å². The summed E-state index contributed by atoms with van der Waals surface area (Å²) in [4.78, 5) is 35.5. The van der Waals surface area contributed by atoms with E-state index < -0.39 is 29.7 Å². The van der Waals surface area contributed by atoms with Gasteiger partial charge in [-0.1, -0.05) is 60.2 Å². The summed E-state index contributed by atoms with van der Waals surface area (Å²) in [6.07, 6.45) is -0.491. The van der Waals surface area contributed by atoms with Gasteiger partial charge in [0.15, 0.2) is 5.78 Å². The van der Waals surface area contributed by atoms with Crippen molar-refractivity contribution >= 4 is 23.3 Å². The van der Waals surface area contributed by atoms with Crippen LogP contribution in [0.15, 0.2) is 60.2 Å². The zero-order valence-electron chi connectivity index (χ0n) is 13.0. The van der Waals surface area contributed by atoms with Crippen LogP contribution in [-0.4, -0.2) is 27.9 Å². The first-order valence-corrected chi connectivity index (χ1v) is 7.25. The maximum absolute atomic E-state index is 12.3. The van der Waals surface area contributed by atoms with Crippen molar-refractivity contribution in [3.05, 3.63) is 76.9 Å². The van der Waals surface area contributed by atoms with E-state index in [0.717, 1.165) is 5.56 Å². The fraction of sp³-hybridized carbons (Fsp3) is 0.105. The summed E-state index contributed by atoms with van der Waals surface area (Å²) in [5.74, 6) is -3.24. The SMILES string of the molecule is Cc1ccc(C(=O)CC(C(=O)O)=C(C(=O)O)c2ccccc2)cc1. The quantitative estimate of drug-likeness (QED) is 0.629. The molecule has 0 atom stereocenters. The van der Waals surface area contributed by atoms with E-state index in [1.165, 1.54) is 12.1 Å². The third-order valence-corrected chi connectivity index (χ3v) is 3.55. The zero-order valence-corrected chi connectivity index (χ0v) is 13.0. The van der Waals surface area contributed by atoms with E-state index in [-0.39, 0.29) is 11.1 Å². The standard InChI is InChI=1S/C19H16O5/c1-12-7-9-13(10-8-12)16(20)11-15(18(21)22)17(19(23)24)14-5-3-2-4-6-14/h2-10H,11H2,1H3,(H,21,22)(H,23,24). The predicted molar refractivity (Wildman–Crippen MR) is 88.8 cm³/mol. The van der Waals surface area contributed by atoms with Crippen molar-refractivity contribution in [2.45, 2.75) is 13.3 Å². The van der Waals surface area contributed by atoms with Crippen LogP contribution in [0.3, 0.4) is 0 Å². The van der Waals surface area contributed by atoms with Gasteiger partial charge in [-0.05, 0) is 12.5 Å². The van der Waals surface area contributed by atoms with E-state index in [9.17, 15) is 24.6 Å². The van der Waals surface area contributed by atoms with Crippen LogP contribution >= 0.6 is 0 Å². The van der Waals surface area contributed by atoms with E-state index in [4.69, 9.17) is 0 Å². The number of hydrogen-bond acceptors (Lipinski definition) is 3. The third kappa shape index (κ3) is 3.95. The summed E-state index contributed by atoms with van der Waals surface area (Å²) in [5, 5.41) is 18.9. The van der Waals surface area contributed by atoms with E-state index in [1.54, 1.807) is 42.5 Å². The highest BCUT2D eigenvalue weighted by Gasteiger charge is 2.24. The van der Waals surface area contributed by atoms with Crippen LogP contribution in [0, 0.1) is 6.92 Å². The smallest absolute Gasteiger partial charge is 0.336 e. The maximum atomic E-state index is 12.3. The second-order valence-electron chi connectivity index (χ2n) is 5.30. The minimum atomic E-state index is -1.42. The van der Waals surface area contributed by atoms with E-state index >= 15 is 0 Å². The molecular formula is C19H16O5. The molecule has 0 spiro atoms. The lowest BCUT2D eigenvalue weighted by molar-refractivity contribution is -0.134. The molecule has 2 aromatic carbocycles. The van der Waals surface area contributed by atoms with Crippen molar-refractivity contribution in [3.8, 4) is 0 Å². The van der Waals surface area contributed by atoms with Crippen LogP contribution < -0.4 is 0 Å². The molecule has 2 aromatic rings. The Morgan fingerprint density at radius 3 is 1.88 bits per heavy atom. The Morgan fingerprint density at radius 2 is 1.38 bits per heavy atom. The Balaban J connectivity index is 2.46. The van der Waals surface area contributed by atoms with Crippen LogP contribution in [0.1, 0.15) is 27.9 Å². The molecule has 24 heavy (non-hydrogen) atoms. The van der Waals surface area contributed by atoms with Crippen molar-refractivity contribution in [1.82, 2.24) is 0 Å². The first-order valence-electron chi connectivity index (χ1n) is 7.25. The third-order valence-electron chi connectivity index (χ3n) is 3.55. The number of carbonyl (C=O) groups is 3. The van der Waals surface area contributed by atoms with Gasteiger partial charge in [0, 0.05) is 12.0 Å². The molecule has 2 N–H and O–H groups in total. The minimum absolute atomic E-state index is 0.249. The predicted octanol–water partition coefficient (Wildman–Crippen LogP) is 3.19. The minimum Gasteiger partial charge on any atom is -0.478 e. The average molecular weight is 324 g/mol. The number of hydrogen-bond donors (Lipinski definition) is 2. The molecule has 0 fully saturated rings. The molecule has 0 saturated carbocycles. The molecule has 0 radical (unpaired) electrons. The number of aryl methyl sites for hydroxylation is 1. The van der Waals surface area contributed by atoms with Gasteiger partial charge in [-0.3, -0.25) is 4.79 Å². The summed E-state index contributed by atoms with van der Waals surface area (Å²) < 4.78 is 0. The van der Waals surface area contributed by atoms with Gasteiger partial charge in [-0.15, -0.1) is 0 Å². The molecule has 0 saturated heterocycles. The molecule has 2 rings (SSSR count). The van der Waals surface area contributed by atoms with E-state index in [1.807, 2.05) is 6.92 Å². The fourth-order valence-electron chi connectivity index (χ4n) is 2.30. The molecule has 5 nitrogen and oxygen atoms in total. The molecule has 0 heterocycles. The van der Waals surface area contributed by atoms with Crippen LogP contribution in [0.2, 0.25) is 0 Å². The topological polar surface area (TPSA) is 91.7 Å². The number of carboxylic acid groups (broad SMARTS) is 2. The van der Waals surface area contributed by atoms with Crippen molar-refractivity contribution < 1.29 is 24.6 Å². The number of benzene rings is 2. The van der Waals surface area contributed by atoms with Gasteiger partial charge >= 0.3 is 11.9 Å². The lowest BCUT2D eigenvalue weighted by Gasteiger charge is -2.09. The van der Waals surface area contributed by atoms with Gasteiger partial charge in [-0.25, -0.2) is 9.59 Å². The molecule has 0 aromatic heterocycles. The van der Waals surface area contributed by atoms with Crippen LogP contribution in [-0.2, 0) is 9.59 Å². The van der Waals surface area contributed by atoms with Crippen molar-refractivity contribution in [3.63, 3.8) is 0 Å². The van der Waals surface area contributed by atoms with Crippen molar-refractivity contribution in [2.75, 3.05) is 0 Å². The summed E-state index contributed by atoms with van der Waals surface area (Å²) in [6, 6.07) is 14.6. The molecule has 0 bridgehead atoms. The van der Waals surface area contributed by atoms with Crippen LogP contribution in [0.5, 0.6) is 0 Å². The molecule has 0 amide bonds. The normalized spacial score (nSPS) is 11.5. The highest BCUT2D eigenvalue weighted by atomic mass is 16.4. The first kappa shape index (κ1) is 17.1. The monoisotopic (exact) mass is 324 g/mol. The van der Waals surface area contributed by atoms with Gasteiger partial charge in [0.25, 0.3) is 0 Å². The molecule has 0 unspecified atom stereocenters. The van der Waals surface area contributed by atoms with Gasteiger partial charge in [-0.2, -0.15) is 0 Å². The largest absolute Gasteiger partial charge is 0.478 e. The number of carboxylic acids is 2. The van der Waals surface area contributed by atoms with Gasteiger partial charge in [0.2, 0.25) is 0 Å². The number of rotatable bonds is 6. The lowest BCUT2D eigenvalue weighted by Crippen LogP contribution is -2.14. The number of Topliss-reactive ketones (excluding diaryl/α,β-unsaturated/α-hetero) is 1. The Morgan fingerprint density at radius 1 is 0.792 bits per heavy atom. The number of aliphatic carboxylic acids is 2. The molecule has 122 valence electrons. The Hall–Kier alpha value is -3.21. The van der Waals surface area contributed by atoms with Crippen molar-refractivity contribution in [1.29, 1.82) is 0 Å². The Bertz CT molecular complexity index is 801. The molecule has 5 heteroatoms. The summed E-state index contributed by atoms with van der Waals surface area (Å²) in [7, 11) is 0. The van der Waals surface area contributed by atoms with Crippen LogP contribution in [0.4, 0.5) is 0 Å². The average Bonchev–Trinajstić information content (AvgIpc) is 2.55. The molecule has 0 aliphatic rings. The molecular weight excluding hydrogens is 308 g/mol.